The molecular formula is C12H16ClFO. The number of alkyl halides is 1. The third kappa shape index (κ3) is 2.93. The summed E-state index contributed by atoms with van der Waals surface area (Å²) in [5, 5.41) is 9.52. The fraction of sp³-hybridized carbons (Fsp3) is 0.500. The molecule has 1 aromatic rings. The number of aliphatic hydroxyl groups is 1. The van der Waals surface area contributed by atoms with Crippen LogP contribution in [0.25, 0.3) is 0 Å². The highest BCUT2D eigenvalue weighted by molar-refractivity contribution is 6.31. The van der Waals surface area contributed by atoms with Crippen LogP contribution < -0.4 is 0 Å². The van der Waals surface area contributed by atoms with E-state index >= 15 is 0 Å². The van der Waals surface area contributed by atoms with Crippen LogP contribution in [-0.4, -0.2) is 11.7 Å². The summed E-state index contributed by atoms with van der Waals surface area (Å²) in [4.78, 5) is 0. The van der Waals surface area contributed by atoms with Gasteiger partial charge in [-0.25, -0.2) is 4.39 Å². The molecule has 1 nitrogen and oxygen atoms in total. The van der Waals surface area contributed by atoms with Crippen LogP contribution >= 0.6 is 11.6 Å². The molecule has 0 aliphatic rings. The van der Waals surface area contributed by atoms with Crippen LogP contribution in [0.3, 0.4) is 0 Å². The third-order valence-corrected chi connectivity index (χ3v) is 2.82. The first-order chi connectivity index (χ1) is 6.86. The number of rotatable bonds is 3. The van der Waals surface area contributed by atoms with E-state index in [0.717, 1.165) is 5.56 Å². The van der Waals surface area contributed by atoms with Gasteiger partial charge in [0.05, 0.1) is 0 Å². The zero-order valence-corrected chi connectivity index (χ0v) is 9.98. The van der Waals surface area contributed by atoms with Gasteiger partial charge in [0, 0.05) is 17.5 Å². The van der Waals surface area contributed by atoms with E-state index in [1.165, 1.54) is 13.8 Å². The van der Waals surface area contributed by atoms with Crippen LogP contribution in [0.1, 0.15) is 37.8 Å². The molecule has 0 bridgehead atoms. The van der Waals surface area contributed by atoms with Crippen molar-refractivity contribution in [3.05, 3.63) is 34.3 Å². The van der Waals surface area contributed by atoms with Gasteiger partial charge in [0.2, 0.25) is 0 Å². The van der Waals surface area contributed by atoms with Gasteiger partial charge in [0.15, 0.2) is 0 Å². The van der Waals surface area contributed by atoms with Crippen molar-refractivity contribution < 1.29 is 9.50 Å². The van der Waals surface area contributed by atoms with E-state index in [-0.39, 0.29) is 12.5 Å². The third-order valence-electron chi connectivity index (χ3n) is 2.49. The zero-order chi connectivity index (χ0) is 11.6. The second kappa shape index (κ2) is 4.50. The van der Waals surface area contributed by atoms with E-state index in [0.29, 0.717) is 10.6 Å². The monoisotopic (exact) mass is 230 g/mol. The summed E-state index contributed by atoms with van der Waals surface area (Å²) < 4.78 is 13.6. The maximum absolute atomic E-state index is 13.6. The molecule has 0 saturated carbocycles. The van der Waals surface area contributed by atoms with Crippen molar-refractivity contribution in [2.75, 3.05) is 6.61 Å². The second-order valence-electron chi connectivity index (χ2n) is 4.29. The molecule has 0 spiro atoms. The van der Waals surface area contributed by atoms with Gasteiger partial charge >= 0.3 is 0 Å². The Morgan fingerprint density at radius 3 is 2.47 bits per heavy atom. The topological polar surface area (TPSA) is 20.2 Å². The Hall–Kier alpha value is -0.600. The Kier molecular flexibility index (Phi) is 3.74. The minimum Gasteiger partial charge on any atom is -0.396 e. The molecule has 0 heterocycles. The van der Waals surface area contributed by atoms with E-state index in [1.807, 2.05) is 6.92 Å². The summed E-state index contributed by atoms with van der Waals surface area (Å²) in [6.07, 6.45) is 0. The molecule has 0 aliphatic carbocycles. The molecule has 15 heavy (non-hydrogen) atoms. The molecule has 0 aromatic heterocycles. The lowest BCUT2D eigenvalue weighted by atomic mass is 9.95. The molecule has 1 aromatic carbocycles. The van der Waals surface area contributed by atoms with Crippen LogP contribution in [0.2, 0.25) is 5.02 Å². The summed E-state index contributed by atoms with van der Waals surface area (Å²) in [6, 6.07) is 5.12. The molecule has 0 amide bonds. The van der Waals surface area contributed by atoms with Crippen LogP contribution in [-0.2, 0) is 5.67 Å². The summed E-state index contributed by atoms with van der Waals surface area (Å²) in [5.74, 6) is -0.0192. The predicted octanol–water partition coefficient (Wildman–Crippen LogP) is 3.64. The van der Waals surface area contributed by atoms with Crippen molar-refractivity contribution in [1.29, 1.82) is 0 Å². The largest absolute Gasteiger partial charge is 0.396 e. The first-order valence-electron chi connectivity index (χ1n) is 4.96. The average Bonchev–Trinajstić information content (AvgIpc) is 2.15. The standard InChI is InChI=1S/C12H16ClFO/c1-8(7-15)10-5-4-9(6-11(10)13)12(2,3)14/h4-6,8,15H,7H2,1-3H3. The lowest BCUT2D eigenvalue weighted by Crippen LogP contribution is -2.10. The molecule has 0 aliphatic heterocycles. The lowest BCUT2D eigenvalue weighted by Gasteiger charge is -2.17. The Labute approximate surface area is 94.9 Å². The molecule has 1 rings (SSSR count). The maximum atomic E-state index is 13.6. The fourth-order valence-electron chi connectivity index (χ4n) is 1.39. The Morgan fingerprint density at radius 2 is 2.07 bits per heavy atom. The molecule has 84 valence electrons. The van der Waals surface area contributed by atoms with E-state index in [2.05, 4.69) is 0 Å². The van der Waals surface area contributed by atoms with Crippen molar-refractivity contribution in [2.24, 2.45) is 0 Å². The number of halogens is 2. The smallest absolute Gasteiger partial charge is 0.130 e. The minimum absolute atomic E-state index is 0.0192. The zero-order valence-electron chi connectivity index (χ0n) is 9.22. The molecular weight excluding hydrogens is 215 g/mol. The first kappa shape index (κ1) is 12.5. The predicted molar refractivity (Wildman–Crippen MR) is 61.1 cm³/mol. The molecule has 0 fully saturated rings. The van der Waals surface area contributed by atoms with Crippen molar-refractivity contribution in [3.8, 4) is 0 Å². The molecule has 1 atom stereocenters. The van der Waals surface area contributed by atoms with Gasteiger partial charge in [0.1, 0.15) is 5.67 Å². The molecule has 1 unspecified atom stereocenters. The summed E-state index contributed by atoms with van der Waals surface area (Å²) in [6.45, 7) is 4.90. The van der Waals surface area contributed by atoms with Crippen LogP contribution in [0.15, 0.2) is 18.2 Å². The van der Waals surface area contributed by atoms with Crippen molar-refractivity contribution in [3.63, 3.8) is 0 Å². The van der Waals surface area contributed by atoms with Crippen LogP contribution in [0.4, 0.5) is 4.39 Å². The maximum Gasteiger partial charge on any atom is 0.130 e. The lowest BCUT2D eigenvalue weighted by molar-refractivity contribution is 0.221. The Balaban J connectivity index is 3.09. The number of benzene rings is 1. The normalized spacial score (nSPS) is 14.0. The number of hydrogen-bond donors (Lipinski definition) is 1. The van der Waals surface area contributed by atoms with E-state index in [9.17, 15) is 4.39 Å². The Morgan fingerprint density at radius 1 is 1.47 bits per heavy atom. The highest BCUT2D eigenvalue weighted by Crippen LogP contribution is 2.31. The Bertz CT molecular complexity index is 344. The highest BCUT2D eigenvalue weighted by atomic mass is 35.5. The van der Waals surface area contributed by atoms with E-state index in [1.54, 1.807) is 18.2 Å². The van der Waals surface area contributed by atoms with Gasteiger partial charge in [-0.2, -0.15) is 0 Å². The summed E-state index contributed by atoms with van der Waals surface area (Å²) in [5.41, 5.74) is 0.0264. The van der Waals surface area contributed by atoms with Gasteiger partial charge in [-0.3, -0.25) is 0 Å². The van der Waals surface area contributed by atoms with Gasteiger partial charge in [-0.1, -0.05) is 30.7 Å². The van der Waals surface area contributed by atoms with Crippen LogP contribution in [0, 0.1) is 0 Å². The number of hydrogen-bond acceptors (Lipinski definition) is 1. The number of aliphatic hydroxyl groups excluding tert-OH is 1. The second-order valence-corrected chi connectivity index (χ2v) is 4.70. The molecule has 1 N–H and O–H groups in total. The van der Waals surface area contributed by atoms with Gasteiger partial charge < -0.3 is 5.11 Å². The quantitative estimate of drug-likeness (QED) is 0.841. The van der Waals surface area contributed by atoms with Crippen molar-refractivity contribution in [2.45, 2.75) is 32.4 Å². The molecule has 0 saturated heterocycles. The SMILES string of the molecule is CC(CO)c1ccc(C(C)(C)F)cc1Cl. The average molecular weight is 231 g/mol. The van der Waals surface area contributed by atoms with Gasteiger partial charge in [-0.15, -0.1) is 0 Å². The summed E-state index contributed by atoms with van der Waals surface area (Å²) >= 11 is 6.03. The van der Waals surface area contributed by atoms with Gasteiger partial charge in [0.25, 0.3) is 0 Å². The van der Waals surface area contributed by atoms with Crippen LogP contribution in [0.5, 0.6) is 0 Å². The van der Waals surface area contributed by atoms with Crippen molar-refractivity contribution >= 4 is 11.6 Å². The van der Waals surface area contributed by atoms with Crippen molar-refractivity contribution in [1.82, 2.24) is 0 Å². The highest BCUT2D eigenvalue weighted by Gasteiger charge is 2.20. The van der Waals surface area contributed by atoms with E-state index < -0.39 is 5.67 Å². The van der Waals surface area contributed by atoms with Gasteiger partial charge in [-0.05, 0) is 31.0 Å². The molecule has 3 heteroatoms. The fourth-order valence-corrected chi connectivity index (χ4v) is 1.76. The minimum atomic E-state index is -1.38. The van der Waals surface area contributed by atoms with E-state index in [4.69, 9.17) is 16.7 Å². The first-order valence-corrected chi connectivity index (χ1v) is 5.33. The summed E-state index contributed by atoms with van der Waals surface area (Å²) in [7, 11) is 0. The molecule has 0 radical (unpaired) electrons.